The van der Waals surface area contributed by atoms with E-state index in [1.807, 2.05) is 0 Å². The van der Waals surface area contributed by atoms with Crippen LogP contribution in [0.1, 0.15) is 35.7 Å². The Morgan fingerprint density at radius 1 is 1.36 bits per heavy atom. The summed E-state index contributed by atoms with van der Waals surface area (Å²) in [6, 6.07) is 6.81. The van der Waals surface area contributed by atoms with Crippen LogP contribution in [0.4, 0.5) is 4.39 Å². The molecule has 0 aromatic heterocycles. The number of amides is 1. The van der Waals surface area contributed by atoms with E-state index in [1.54, 1.807) is 37.3 Å². The number of halogens is 1. The van der Waals surface area contributed by atoms with Crippen LogP contribution in [0.15, 0.2) is 60.5 Å². The highest BCUT2D eigenvalue weighted by atomic mass is 19.1. The Kier molecular flexibility index (Phi) is 8.19. The zero-order chi connectivity index (χ0) is 20.4. The molecule has 1 heterocycles. The molecule has 0 saturated carbocycles. The van der Waals surface area contributed by atoms with Gasteiger partial charge in [-0.3, -0.25) is 4.79 Å². The third kappa shape index (κ3) is 5.91. The van der Waals surface area contributed by atoms with Crippen LogP contribution < -0.4 is 5.32 Å². The third-order valence-corrected chi connectivity index (χ3v) is 4.81. The van der Waals surface area contributed by atoms with E-state index < -0.39 is 5.83 Å². The Balaban J connectivity index is 2.00. The number of hydrogen-bond donors (Lipinski definition) is 2. The molecule has 0 aliphatic carbocycles. The molecule has 0 spiro atoms. The summed E-state index contributed by atoms with van der Waals surface area (Å²) < 4.78 is 19.1. The lowest BCUT2D eigenvalue weighted by atomic mass is 9.81. The zero-order valence-electron chi connectivity index (χ0n) is 16.1. The smallest absolute Gasteiger partial charge is 0.251 e. The number of ether oxygens (including phenoxy) is 1. The molecule has 0 bridgehead atoms. The molecule has 1 aliphatic rings. The van der Waals surface area contributed by atoms with E-state index >= 15 is 0 Å². The predicted octanol–water partition coefficient (Wildman–Crippen LogP) is 3.54. The average Bonchev–Trinajstić information content (AvgIpc) is 2.74. The summed E-state index contributed by atoms with van der Waals surface area (Å²) in [6.07, 6.45) is 5.67. The van der Waals surface area contributed by atoms with Crippen molar-refractivity contribution in [3.8, 4) is 11.8 Å². The van der Waals surface area contributed by atoms with Crippen molar-refractivity contribution in [1.82, 2.24) is 5.32 Å². The van der Waals surface area contributed by atoms with Crippen LogP contribution in [0, 0.1) is 17.3 Å². The summed E-state index contributed by atoms with van der Waals surface area (Å²) in [6.45, 7) is 6.81. The normalized spacial score (nSPS) is 16.7. The molecular weight excluding hydrogens is 357 g/mol. The Hall–Kier alpha value is -2.68. The molecule has 1 aliphatic heterocycles. The van der Waals surface area contributed by atoms with Gasteiger partial charge in [0.2, 0.25) is 0 Å². The van der Waals surface area contributed by atoms with Crippen LogP contribution >= 0.6 is 0 Å². The van der Waals surface area contributed by atoms with Crippen LogP contribution in [0.5, 0.6) is 0 Å². The standard InChI is InChI=1S/C23H26FNO3/c1-3-5-21(24)19(4-2)9-6-18-7-10-20(11-8-18)22(27)25-16-23(17-26)12-14-28-15-13-23/h3-5,7-8,10-11,26H,1,12-17H2,2H3,(H,25,27)/b19-4-,21-5+. The van der Waals surface area contributed by atoms with Crippen LogP contribution in [-0.2, 0) is 4.74 Å². The Morgan fingerprint density at radius 3 is 2.61 bits per heavy atom. The van der Waals surface area contributed by atoms with Crippen molar-refractivity contribution in [2.45, 2.75) is 19.8 Å². The van der Waals surface area contributed by atoms with Crippen LogP contribution in [0.3, 0.4) is 0 Å². The minimum absolute atomic E-state index is 0.0231. The topological polar surface area (TPSA) is 58.6 Å². The van der Waals surface area contributed by atoms with E-state index in [1.165, 1.54) is 12.2 Å². The summed E-state index contributed by atoms with van der Waals surface area (Å²) in [4.78, 5) is 12.4. The Labute approximate surface area is 165 Å². The van der Waals surface area contributed by atoms with E-state index in [0.29, 0.717) is 30.9 Å². The maximum atomic E-state index is 13.8. The fourth-order valence-corrected chi connectivity index (χ4v) is 2.87. The number of aliphatic hydroxyl groups is 1. The summed E-state index contributed by atoms with van der Waals surface area (Å²) >= 11 is 0. The molecule has 1 fully saturated rings. The molecule has 1 aromatic carbocycles. The highest BCUT2D eigenvalue weighted by Gasteiger charge is 2.32. The number of aliphatic hydroxyl groups excluding tert-OH is 1. The second-order valence-electron chi connectivity index (χ2n) is 6.73. The van der Waals surface area contributed by atoms with Crippen LogP contribution in [0.2, 0.25) is 0 Å². The minimum Gasteiger partial charge on any atom is -0.396 e. The van der Waals surface area contributed by atoms with Gasteiger partial charge in [-0.25, -0.2) is 4.39 Å². The van der Waals surface area contributed by atoms with Gasteiger partial charge in [0.25, 0.3) is 5.91 Å². The number of rotatable bonds is 6. The SMILES string of the molecule is C=C/C=C(F)\C(C#Cc1ccc(C(=O)NCC2(CO)CCOCC2)cc1)=C/C. The lowest BCUT2D eigenvalue weighted by Gasteiger charge is -2.35. The number of carbonyl (C=O) groups excluding carboxylic acids is 1. The summed E-state index contributed by atoms with van der Waals surface area (Å²) in [7, 11) is 0. The van der Waals surface area contributed by atoms with Gasteiger partial charge >= 0.3 is 0 Å². The van der Waals surface area contributed by atoms with E-state index in [0.717, 1.165) is 12.8 Å². The van der Waals surface area contributed by atoms with Gasteiger partial charge in [0.05, 0.1) is 12.2 Å². The highest BCUT2D eigenvalue weighted by Crippen LogP contribution is 2.29. The summed E-state index contributed by atoms with van der Waals surface area (Å²) in [5, 5.41) is 12.6. The maximum Gasteiger partial charge on any atom is 0.251 e. The van der Waals surface area contributed by atoms with Crippen molar-refractivity contribution in [1.29, 1.82) is 0 Å². The average molecular weight is 383 g/mol. The first-order valence-electron chi connectivity index (χ1n) is 9.27. The molecule has 28 heavy (non-hydrogen) atoms. The first-order chi connectivity index (χ1) is 13.5. The van der Waals surface area contributed by atoms with Gasteiger partial charge in [-0.2, -0.15) is 0 Å². The molecule has 148 valence electrons. The lowest BCUT2D eigenvalue weighted by Crippen LogP contribution is -2.43. The summed E-state index contributed by atoms with van der Waals surface area (Å²) in [5.41, 5.74) is 1.16. The molecule has 1 aromatic rings. The van der Waals surface area contributed by atoms with Crippen molar-refractivity contribution >= 4 is 5.91 Å². The molecule has 0 radical (unpaired) electrons. The van der Waals surface area contributed by atoms with E-state index in [4.69, 9.17) is 4.74 Å². The van der Waals surface area contributed by atoms with E-state index in [9.17, 15) is 14.3 Å². The van der Waals surface area contributed by atoms with E-state index in [2.05, 4.69) is 23.7 Å². The highest BCUT2D eigenvalue weighted by molar-refractivity contribution is 5.94. The Morgan fingerprint density at radius 2 is 2.04 bits per heavy atom. The van der Waals surface area contributed by atoms with Crippen molar-refractivity contribution in [3.63, 3.8) is 0 Å². The molecule has 4 nitrogen and oxygen atoms in total. The zero-order valence-corrected chi connectivity index (χ0v) is 16.1. The minimum atomic E-state index is -0.438. The van der Waals surface area contributed by atoms with E-state index in [-0.39, 0.29) is 23.5 Å². The van der Waals surface area contributed by atoms with Crippen molar-refractivity contribution in [2.24, 2.45) is 5.41 Å². The predicted molar refractivity (Wildman–Crippen MR) is 108 cm³/mol. The fourth-order valence-electron chi connectivity index (χ4n) is 2.87. The number of allylic oxidation sites excluding steroid dienone is 5. The van der Waals surface area contributed by atoms with Gasteiger partial charge in [0, 0.05) is 36.3 Å². The van der Waals surface area contributed by atoms with Gasteiger partial charge in [-0.1, -0.05) is 30.6 Å². The lowest BCUT2D eigenvalue weighted by molar-refractivity contribution is -0.0146. The van der Waals surface area contributed by atoms with Crippen molar-refractivity contribution in [2.75, 3.05) is 26.4 Å². The van der Waals surface area contributed by atoms with Gasteiger partial charge < -0.3 is 15.2 Å². The fraction of sp³-hybridized carbons (Fsp3) is 0.348. The number of carbonyl (C=O) groups is 1. The van der Waals surface area contributed by atoms with Gasteiger partial charge in [0.1, 0.15) is 5.83 Å². The molecule has 1 amide bonds. The Bertz CT molecular complexity index is 806. The second kappa shape index (κ2) is 10.6. The monoisotopic (exact) mass is 383 g/mol. The third-order valence-electron chi connectivity index (χ3n) is 4.81. The molecule has 1 saturated heterocycles. The largest absolute Gasteiger partial charge is 0.396 e. The maximum absolute atomic E-state index is 13.8. The van der Waals surface area contributed by atoms with Gasteiger partial charge in [-0.05, 0) is 50.1 Å². The molecule has 5 heteroatoms. The van der Waals surface area contributed by atoms with Crippen LogP contribution in [0.25, 0.3) is 0 Å². The second-order valence-corrected chi connectivity index (χ2v) is 6.73. The molecule has 0 unspecified atom stereocenters. The molecule has 2 rings (SSSR count). The first-order valence-corrected chi connectivity index (χ1v) is 9.27. The number of hydrogen-bond acceptors (Lipinski definition) is 3. The molecule has 2 N–H and O–H groups in total. The van der Waals surface area contributed by atoms with Crippen molar-refractivity contribution in [3.05, 3.63) is 71.6 Å². The molecular formula is C23H26FNO3. The summed E-state index contributed by atoms with van der Waals surface area (Å²) in [5.74, 6) is 5.03. The van der Waals surface area contributed by atoms with Gasteiger partial charge in [-0.15, -0.1) is 0 Å². The number of benzene rings is 1. The first kappa shape index (κ1) is 21.6. The molecule has 0 atom stereocenters. The number of nitrogens with one attached hydrogen (secondary N) is 1. The van der Waals surface area contributed by atoms with Gasteiger partial charge in [0.15, 0.2) is 0 Å². The van der Waals surface area contributed by atoms with Crippen molar-refractivity contribution < 1.29 is 19.0 Å². The quantitative estimate of drug-likeness (QED) is 0.584. The van der Waals surface area contributed by atoms with Crippen LogP contribution in [-0.4, -0.2) is 37.4 Å².